The number of carbonyl (C=O) groups is 2. The molecule has 0 bridgehead atoms. The molecule has 0 spiro atoms. The smallest absolute Gasteiger partial charge is 0.157 e. The maximum Gasteiger partial charge on any atom is 0.157 e. The number of ether oxygens (including phenoxy) is 1. The van der Waals surface area contributed by atoms with Crippen LogP contribution in [0.1, 0.15) is 17.3 Å². The van der Waals surface area contributed by atoms with Gasteiger partial charge in [0.2, 0.25) is 0 Å². The lowest BCUT2D eigenvalue weighted by atomic mass is 10.2. The average molecular weight is 270 g/mol. The van der Waals surface area contributed by atoms with Crippen molar-refractivity contribution in [1.29, 1.82) is 0 Å². The van der Waals surface area contributed by atoms with Crippen LogP contribution in [0.2, 0.25) is 0 Å². The number of terminal acetylenes is 1. The van der Waals surface area contributed by atoms with E-state index in [1.54, 1.807) is 31.2 Å². The third-order valence-corrected chi connectivity index (χ3v) is 2.46. The minimum atomic E-state index is -0.152. The fourth-order valence-electron chi connectivity index (χ4n) is 1.34. The normalized spacial score (nSPS) is 11.6. The van der Waals surface area contributed by atoms with Gasteiger partial charge in [0.15, 0.2) is 6.29 Å². The molecule has 0 heterocycles. The zero-order chi connectivity index (χ0) is 15.0. The molecule has 0 fully saturated rings. The van der Waals surface area contributed by atoms with Gasteiger partial charge >= 0.3 is 0 Å². The first kappa shape index (κ1) is 15.3. The van der Waals surface area contributed by atoms with Crippen LogP contribution < -0.4 is 4.74 Å². The molecule has 20 heavy (non-hydrogen) atoms. The molecule has 0 amide bonds. The maximum absolute atomic E-state index is 10.9. The van der Waals surface area contributed by atoms with Crippen LogP contribution in [-0.2, 0) is 4.79 Å². The van der Waals surface area contributed by atoms with Gasteiger partial charge < -0.3 is 9.84 Å². The van der Waals surface area contributed by atoms with E-state index in [9.17, 15) is 14.7 Å². The van der Waals surface area contributed by atoms with E-state index in [0.717, 1.165) is 0 Å². The number of rotatable bonds is 6. The Labute approximate surface area is 117 Å². The number of aldehydes is 2. The van der Waals surface area contributed by atoms with Crippen molar-refractivity contribution in [3.05, 3.63) is 47.1 Å². The Hall–Kier alpha value is -2.80. The van der Waals surface area contributed by atoms with Gasteiger partial charge in [0.05, 0.1) is 5.56 Å². The lowest BCUT2D eigenvalue weighted by molar-refractivity contribution is -0.104. The summed E-state index contributed by atoms with van der Waals surface area (Å²) < 4.78 is 5.41. The summed E-state index contributed by atoms with van der Waals surface area (Å²) in [4.78, 5) is 21.3. The molecule has 0 radical (unpaired) electrons. The van der Waals surface area contributed by atoms with Gasteiger partial charge in [0.25, 0.3) is 0 Å². The summed E-state index contributed by atoms with van der Waals surface area (Å²) in [6.45, 7) is 1.71. The van der Waals surface area contributed by atoms with E-state index in [2.05, 4.69) is 5.92 Å². The summed E-state index contributed by atoms with van der Waals surface area (Å²) in [5.74, 6) is 2.52. The molecular formula is C16H14O4. The molecule has 102 valence electrons. The van der Waals surface area contributed by atoms with Crippen LogP contribution in [0.25, 0.3) is 0 Å². The first-order valence-electron chi connectivity index (χ1n) is 5.81. The average Bonchev–Trinajstić information content (AvgIpc) is 2.47. The fourth-order valence-corrected chi connectivity index (χ4v) is 1.34. The number of benzene rings is 1. The number of hydrogen-bond donors (Lipinski definition) is 1. The predicted octanol–water partition coefficient (Wildman–Crippen LogP) is 2.29. The summed E-state index contributed by atoms with van der Waals surface area (Å²) in [5.41, 5.74) is 1.11. The number of hydrogen-bond acceptors (Lipinski definition) is 4. The number of phenolic OH excluding ortho intramolecular Hbond substituents is 1. The van der Waals surface area contributed by atoms with Gasteiger partial charge in [0, 0.05) is 5.57 Å². The van der Waals surface area contributed by atoms with Crippen LogP contribution in [0.3, 0.4) is 0 Å². The molecule has 0 saturated heterocycles. The molecule has 4 nitrogen and oxygen atoms in total. The predicted molar refractivity (Wildman–Crippen MR) is 75.7 cm³/mol. The quantitative estimate of drug-likeness (QED) is 0.373. The van der Waals surface area contributed by atoms with E-state index in [4.69, 9.17) is 11.2 Å². The Bertz CT molecular complexity index is 603. The number of aromatic hydroxyl groups is 1. The molecule has 0 unspecified atom stereocenters. The second-order valence-electron chi connectivity index (χ2n) is 3.96. The van der Waals surface area contributed by atoms with E-state index in [-0.39, 0.29) is 23.7 Å². The molecule has 0 aliphatic heterocycles. The van der Waals surface area contributed by atoms with Crippen molar-refractivity contribution in [2.75, 3.05) is 6.61 Å². The highest BCUT2D eigenvalue weighted by molar-refractivity contribution is 5.83. The van der Waals surface area contributed by atoms with Gasteiger partial charge in [-0.15, -0.1) is 6.42 Å². The van der Waals surface area contributed by atoms with E-state index < -0.39 is 0 Å². The highest BCUT2D eigenvalue weighted by atomic mass is 16.5. The summed E-state index contributed by atoms with van der Waals surface area (Å²) in [6, 6.07) is 4.52. The third-order valence-electron chi connectivity index (χ3n) is 2.46. The monoisotopic (exact) mass is 270 g/mol. The van der Waals surface area contributed by atoms with Crippen molar-refractivity contribution in [2.45, 2.75) is 6.92 Å². The Morgan fingerprint density at radius 3 is 2.75 bits per heavy atom. The molecule has 1 aromatic rings. The van der Waals surface area contributed by atoms with Crippen LogP contribution in [0.15, 0.2) is 41.5 Å². The Balaban J connectivity index is 2.86. The highest BCUT2D eigenvalue weighted by Gasteiger charge is 2.08. The zero-order valence-corrected chi connectivity index (χ0v) is 11.0. The molecule has 0 aliphatic rings. The zero-order valence-electron chi connectivity index (χ0n) is 11.0. The molecule has 0 saturated carbocycles. The van der Waals surface area contributed by atoms with Gasteiger partial charge in [-0.25, -0.2) is 0 Å². The molecule has 1 N–H and O–H groups in total. The van der Waals surface area contributed by atoms with Crippen molar-refractivity contribution in [3.63, 3.8) is 0 Å². The molecule has 0 atom stereocenters. The third kappa shape index (κ3) is 4.14. The summed E-state index contributed by atoms with van der Waals surface area (Å²) in [7, 11) is 0. The van der Waals surface area contributed by atoms with E-state index in [1.165, 1.54) is 6.07 Å². The van der Waals surface area contributed by atoms with Gasteiger partial charge in [-0.05, 0) is 30.7 Å². The molecule has 1 rings (SSSR count). The number of allylic oxidation sites excluding steroid dienone is 3. The summed E-state index contributed by atoms with van der Waals surface area (Å²) >= 11 is 0. The van der Waals surface area contributed by atoms with E-state index >= 15 is 0 Å². The molecule has 0 aromatic heterocycles. The van der Waals surface area contributed by atoms with Crippen molar-refractivity contribution >= 4 is 12.6 Å². The summed E-state index contributed by atoms with van der Waals surface area (Å²) in [6.07, 6.45) is 9.73. The van der Waals surface area contributed by atoms with Crippen LogP contribution in [0, 0.1) is 12.3 Å². The van der Waals surface area contributed by atoms with Crippen LogP contribution in [0.5, 0.6) is 11.5 Å². The first-order valence-corrected chi connectivity index (χ1v) is 5.81. The standard InChI is InChI=1S/C16H14O4/c1-3-13(8-7-12(2)9-17)11-20-16-6-4-5-15(19)14(16)10-18/h1,4-10,19H,11H2,2H3/b12-7+,13-8+. The fraction of sp³-hybridized carbons (Fsp3) is 0.125. The first-order chi connectivity index (χ1) is 9.62. The molecular weight excluding hydrogens is 256 g/mol. The topological polar surface area (TPSA) is 63.6 Å². The SMILES string of the molecule is C#C/C(=C\C=C(/C)C=O)COc1cccc(O)c1C=O. The van der Waals surface area contributed by atoms with Gasteiger partial charge in [-0.1, -0.05) is 18.1 Å². The molecule has 0 aliphatic carbocycles. The van der Waals surface area contributed by atoms with E-state index in [1.807, 2.05) is 0 Å². The van der Waals surface area contributed by atoms with Gasteiger partial charge in [0.1, 0.15) is 24.4 Å². The minimum Gasteiger partial charge on any atom is -0.507 e. The van der Waals surface area contributed by atoms with Crippen LogP contribution in [-0.4, -0.2) is 24.3 Å². The second-order valence-corrected chi connectivity index (χ2v) is 3.96. The maximum atomic E-state index is 10.9. The van der Waals surface area contributed by atoms with E-state index in [0.29, 0.717) is 23.7 Å². The summed E-state index contributed by atoms with van der Waals surface area (Å²) in [5, 5.41) is 9.51. The van der Waals surface area contributed by atoms with Crippen molar-refractivity contribution < 1.29 is 19.4 Å². The highest BCUT2D eigenvalue weighted by Crippen LogP contribution is 2.25. The number of carbonyl (C=O) groups excluding carboxylic acids is 2. The lowest BCUT2D eigenvalue weighted by Crippen LogP contribution is -2.02. The Morgan fingerprint density at radius 2 is 2.15 bits per heavy atom. The van der Waals surface area contributed by atoms with Crippen LogP contribution in [0.4, 0.5) is 0 Å². The Morgan fingerprint density at radius 1 is 1.40 bits per heavy atom. The van der Waals surface area contributed by atoms with Gasteiger partial charge in [-0.3, -0.25) is 9.59 Å². The Kier molecular flexibility index (Phi) is 5.79. The van der Waals surface area contributed by atoms with Crippen molar-refractivity contribution in [3.8, 4) is 23.8 Å². The van der Waals surface area contributed by atoms with Crippen molar-refractivity contribution in [1.82, 2.24) is 0 Å². The van der Waals surface area contributed by atoms with Crippen LogP contribution >= 0.6 is 0 Å². The molecule has 4 heteroatoms. The minimum absolute atomic E-state index is 0.0590. The van der Waals surface area contributed by atoms with Crippen molar-refractivity contribution in [2.24, 2.45) is 0 Å². The second kappa shape index (κ2) is 7.59. The number of phenols is 1. The largest absolute Gasteiger partial charge is 0.507 e. The van der Waals surface area contributed by atoms with Gasteiger partial charge in [-0.2, -0.15) is 0 Å². The lowest BCUT2D eigenvalue weighted by Gasteiger charge is -2.08. The molecule has 1 aromatic carbocycles.